The van der Waals surface area contributed by atoms with Gasteiger partial charge in [0.1, 0.15) is 5.69 Å². The predicted molar refractivity (Wildman–Crippen MR) is 82.7 cm³/mol. The largest absolute Gasteiger partial charge is 0.463 e. The van der Waals surface area contributed by atoms with Gasteiger partial charge in [0.15, 0.2) is 5.58 Å². The summed E-state index contributed by atoms with van der Waals surface area (Å²) in [7, 11) is 0. The average Bonchev–Trinajstić information content (AvgIpc) is 3.16. The Labute approximate surface area is 134 Å². The molecule has 0 spiro atoms. The monoisotopic (exact) mass is 319 g/mol. The number of aromatic nitrogens is 1. The molecule has 1 saturated carbocycles. The van der Waals surface area contributed by atoms with E-state index in [1.165, 1.54) is 12.7 Å². The first kappa shape index (κ1) is 15.6. The lowest BCUT2D eigenvalue weighted by molar-refractivity contribution is -0.174. The summed E-state index contributed by atoms with van der Waals surface area (Å²) < 4.78 is 15.9. The molecule has 23 heavy (non-hydrogen) atoms. The van der Waals surface area contributed by atoms with Crippen molar-refractivity contribution in [3.63, 3.8) is 0 Å². The van der Waals surface area contributed by atoms with E-state index in [1.807, 2.05) is 6.92 Å². The van der Waals surface area contributed by atoms with Crippen LogP contribution >= 0.6 is 0 Å². The molecule has 2 aromatic rings. The van der Waals surface area contributed by atoms with Crippen molar-refractivity contribution in [2.24, 2.45) is 5.92 Å². The molecule has 6 heteroatoms. The predicted octanol–water partition coefficient (Wildman–Crippen LogP) is 3.78. The van der Waals surface area contributed by atoms with Crippen LogP contribution in [0.1, 0.15) is 55.9 Å². The number of fused-ring (bicyclic) bond motifs is 1. The maximum atomic E-state index is 12.2. The van der Waals surface area contributed by atoms with Crippen molar-refractivity contribution in [3.8, 4) is 0 Å². The van der Waals surface area contributed by atoms with Gasteiger partial charge in [-0.3, -0.25) is 4.79 Å². The van der Waals surface area contributed by atoms with Gasteiger partial charge in [-0.2, -0.15) is 0 Å². The van der Waals surface area contributed by atoms with Crippen LogP contribution in [-0.2, 0) is 14.3 Å². The van der Waals surface area contributed by atoms with E-state index in [9.17, 15) is 9.59 Å². The number of aromatic amines is 1. The third-order valence-electron chi connectivity index (χ3n) is 4.22. The highest BCUT2D eigenvalue weighted by atomic mass is 16.7. The van der Waals surface area contributed by atoms with Gasteiger partial charge in [-0.1, -0.05) is 26.2 Å². The maximum Gasteiger partial charge on any atom is 0.357 e. The number of ether oxygens (including phenoxy) is 2. The minimum Gasteiger partial charge on any atom is -0.463 e. The summed E-state index contributed by atoms with van der Waals surface area (Å²) in [5, 5.41) is 0. The molecule has 1 aliphatic carbocycles. The second-order valence-corrected chi connectivity index (χ2v) is 5.90. The van der Waals surface area contributed by atoms with E-state index in [0.29, 0.717) is 12.0 Å². The number of hydrogen-bond donors (Lipinski definition) is 1. The van der Waals surface area contributed by atoms with Gasteiger partial charge < -0.3 is 18.9 Å². The molecule has 124 valence electrons. The number of carbonyl (C=O) groups excluding carboxylic acids is 2. The Bertz CT molecular complexity index is 652. The van der Waals surface area contributed by atoms with Crippen molar-refractivity contribution in [1.82, 2.24) is 4.98 Å². The van der Waals surface area contributed by atoms with Crippen molar-refractivity contribution in [2.75, 3.05) is 0 Å². The Morgan fingerprint density at radius 3 is 2.78 bits per heavy atom. The first-order chi connectivity index (χ1) is 11.2. The highest BCUT2D eigenvalue weighted by molar-refractivity contribution is 5.93. The summed E-state index contributed by atoms with van der Waals surface area (Å²) >= 11 is 0. The second-order valence-electron chi connectivity index (χ2n) is 5.90. The number of nitrogens with one attached hydrogen (secondary N) is 1. The lowest BCUT2D eigenvalue weighted by Gasteiger charge is -2.23. The molecular weight excluding hydrogens is 298 g/mol. The zero-order chi connectivity index (χ0) is 16.2. The highest BCUT2D eigenvalue weighted by Gasteiger charge is 2.26. The fourth-order valence-electron chi connectivity index (χ4n) is 2.90. The fraction of sp³-hybridized carbons (Fsp3) is 0.529. The number of H-pyrrole nitrogens is 1. The molecule has 2 aromatic heterocycles. The van der Waals surface area contributed by atoms with E-state index in [0.717, 1.165) is 31.2 Å². The zero-order valence-electron chi connectivity index (χ0n) is 13.2. The van der Waals surface area contributed by atoms with Gasteiger partial charge in [-0.15, -0.1) is 0 Å². The van der Waals surface area contributed by atoms with E-state index < -0.39 is 12.3 Å². The van der Waals surface area contributed by atoms with E-state index >= 15 is 0 Å². The van der Waals surface area contributed by atoms with Gasteiger partial charge >= 0.3 is 11.9 Å². The number of furan rings is 1. The zero-order valence-corrected chi connectivity index (χ0v) is 13.2. The van der Waals surface area contributed by atoms with Crippen LogP contribution < -0.4 is 0 Å². The van der Waals surface area contributed by atoms with Crippen molar-refractivity contribution in [1.29, 1.82) is 0 Å². The quantitative estimate of drug-likeness (QED) is 0.670. The Kier molecular flexibility index (Phi) is 4.69. The van der Waals surface area contributed by atoms with Gasteiger partial charge in [0.2, 0.25) is 6.29 Å². The van der Waals surface area contributed by atoms with Crippen LogP contribution in [-0.4, -0.2) is 23.2 Å². The van der Waals surface area contributed by atoms with Crippen molar-refractivity contribution in [3.05, 3.63) is 24.1 Å². The average molecular weight is 319 g/mol. The molecule has 0 bridgehead atoms. The number of hydrogen-bond acceptors (Lipinski definition) is 5. The van der Waals surface area contributed by atoms with Crippen LogP contribution in [0.5, 0.6) is 0 Å². The van der Waals surface area contributed by atoms with Crippen LogP contribution in [0.25, 0.3) is 11.1 Å². The molecule has 2 heterocycles. The van der Waals surface area contributed by atoms with E-state index in [2.05, 4.69) is 4.98 Å². The molecule has 1 unspecified atom stereocenters. The fourth-order valence-corrected chi connectivity index (χ4v) is 2.90. The van der Waals surface area contributed by atoms with Gasteiger partial charge in [0, 0.05) is 18.6 Å². The van der Waals surface area contributed by atoms with Crippen molar-refractivity contribution >= 4 is 23.0 Å². The van der Waals surface area contributed by atoms with Gasteiger partial charge in [0.25, 0.3) is 0 Å². The number of carbonyl (C=O) groups is 2. The number of rotatable bonds is 5. The van der Waals surface area contributed by atoms with Crippen molar-refractivity contribution in [2.45, 2.75) is 51.7 Å². The second kappa shape index (κ2) is 6.89. The van der Waals surface area contributed by atoms with E-state index in [1.54, 1.807) is 12.1 Å². The lowest BCUT2D eigenvalue weighted by Crippen LogP contribution is -2.29. The summed E-state index contributed by atoms with van der Waals surface area (Å²) in [5.74, 6) is -0.881. The first-order valence-corrected chi connectivity index (χ1v) is 8.15. The minimum atomic E-state index is -0.855. The molecule has 1 atom stereocenters. The minimum absolute atomic E-state index is 0.0654. The first-order valence-electron chi connectivity index (χ1n) is 8.15. The third-order valence-corrected chi connectivity index (χ3v) is 4.22. The molecular formula is C17H21NO5. The van der Waals surface area contributed by atoms with Crippen LogP contribution in [0.4, 0.5) is 0 Å². The highest BCUT2D eigenvalue weighted by Crippen LogP contribution is 2.25. The van der Waals surface area contributed by atoms with E-state index in [4.69, 9.17) is 13.9 Å². The smallest absolute Gasteiger partial charge is 0.357 e. The Morgan fingerprint density at radius 1 is 1.30 bits per heavy atom. The van der Waals surface area contributed by atoms with Crippen LogP contribution in [0.15, 0.2) is 22.8 Å². The van der Waals surface area contributed by atoms with Gasteiger partial charge in [-0.25, -0.2) is 4.79 Å². The molecule has 0 aromatic carbocycles. The maximum absolute atomic E-state index is 12.2. The Morgan fingerprint density at radius 2 is 2.09 bits per heavy atom. The molecule has 3 rings (SSSR count). The molecule has 0 aliphatic heterocycles. The topological polar surface area (TPSA) is 81.5 Å². The molecule has 0 radical (unpaired) electrons. The standard InChI is InChI=1S/C17H21NO5/c1-2-15(22-16(19)11-6-4-3-5-7-11)23-17(20)13-10-14-12(18-13)8-9-21-14/h8-11,15,18H,2-7H2,1H3. The number of esters is 2. The van der Waals surface area contributed by atoms with Gasteiger partial charge in [-0.05, 0) is 12.8 Å². The van der Waals surface area contributed by atoms with E-state index in [-0.39, 0.29) is 17.6 Å². The van der Waals surface area contributed by atoms with Crippen LogP contribution in [0, 0.1) is 5.92 Å². The molecule has 1 aliphatic rings. The third kappa shape index (κ3) is 3.57. The molecule has 1 N–H and O–H groups in total. The van der Waals surface area contributed by atoms with Crippen LogP contribution in [0.2, 0.25) is 0 Å². The van der Waals surface area contributed by atoms with Crippen LogP contribution in [0.3, 0.4) is 0 Å². The summed E-state index contributed by atoms with van der Waals surface area (Å²) in [5.41, 5.74) is 1.60. The Hall–Kier alpha value is -2.24. The molecule has 0 amide bonds. The molecule has 6 nitrogen and oxygen atoms in total. The summed E-state index contributed by atoms with van der Waals surface area (Å²) in [4.78, 5) is 27.2. The SMILES string of the molecule is CCC(OC(=O)c1cc2occc2[nH]1)OC(=O)C1CCCCC1. The lowest BCUT2D eigenvalue weighted by atomic mass is 9.89. The summed E-state index contributed by atoms with van der Waals surface area (Å²) in [6.07, 6.45) is 6.09. The summed E-state index contributed by atoms with van der Waals surface area (Å²) in [6.45, 7) is 1.81. The molecule has 0 saturated heterocycles. The van der Waals surface area contributed by atoms with Gasteiger partial charge in [0.05, 0.1) is 17.7 Å². The van der Waals surface area contributed by atoms with Crippen molar-refractivity contribution < 1.29 is 23.5 Å². The Balaban J connectivity index is 1.58. The normalized spacial score (nSPS) is 17.1. The summed E-state index contributed by atoms with van der Waals surface area (Å²) in [6, 6.07) is 3.31. The molecule has 1 fully saturated rings.